The fourth-order valence-corrected chi connectivity index (χ4v) is 5.01. The van der Waals surface area contributed by atoms with Crippen molar-refractivity contribution >= 4 is 27.3 Å². The average Bonchev–Trinajstić information content (AvgIpc) is 3.29. The van der Waals surface area contributed by atoms with Crippen molar-refractivity contribution in [2.24, 2.45) is 0 Å². The molecule has 0 aliphatic rings. The van der Waals surface area contributed by atoms with Crippen LogP contribution in [0, 0.1) is 0 Å². The van der Waals surface area contributed by atoms with E-state index in [9.17, 15) is 13.2 Å². The summed E-state index contributed by atoms with van der Waals surface area (Å²) in [6.07, 6.45) is 0. The molecule has 30 heavy (non-hydrogen) atoms. The van der Waals surface area contributed by atoms with E-state index >= 15 is 0 Å². The number of amides is 1. The Bertz CT molecular complexity index is 1050. The highest BCUT2D eigenvalue weighted by Crippen LogP contribution is 2.16. The Labute approximate surface area is 181 Å². The molecular weight excluding hydrogens is 420 g/mol. The smallest absolute Gasteiger partial charge is 0.250 e. The van der Waals surface area contributed by atoms with Crippen LogP contribution in [-0.2, 0) is 39.3 Å². The summed E-state index contributed by atoms with van der Waals surface area (Å²) < 4.78 is 32.8. The summed E-state index contributed by atoms with van der Waals surface area (Å²) in [4.78, 5) is 12.3. The van der Waals surface area contributed by atoms with Gasteiger partial charge in [-0.1, -0.05) is 60.7 Å². The summed E-state index contributed by atoms with van der Waals surface area (Å²) in [6, 6.07) is 20.0. The van der Waals surface area contributed by atoms with E-state index in [1.54, 1.807) is 11.4 Å². The van der Waals surface area contributed by atoms with Crippen molar-refractivity contribution in [2.75, 3.05) is 0 Å². The molecule has 0 saturated carbocycles. The number of benzene rings is 2. The van der Waals surface area contributed by atoms with Crippen LogP contribution in [-0.4, -0.2) is 20.4 Å². The molecule has 3 aromatic rings. The van der Waals surface area contributed by atoms with E-state index in [0.717, 1.165) is 28.0 Å². The Morgan fingerprint density at radius 1 is 0.967 bits per heavy atom. The van der Waals surface area contributed by atoms with Crippen LogP contribution in [0.5, 0.6) is 0 Å². The van der Waals surface area contributed by atoms with Crippen LogP contribution in [0.2, 0.25) is 0 Å². The van der Waals surface area contributed by atoms with Crippen molar-refractivity contribution < 1.29 is 17.9 Å². The number of rotatable bonds is 10. The molecule has 1 aromatic heterocycles. The predicted molar refractivity (Wildman–Crippen MR) is 117 cm³/mol. The van der Waals surface area contributed by atoms with Crippen LogP contribution in [0.25, 0.3) is 0 Å². The number of nitrogens with one attached hydrogen (secondary N) is 2. The largest absolute Gasteiger partial charge is 0.372 e. The summed E-state index contributed by atoms with van der Waals surface area (Å²) in [5.41, 5.74) is 3.03. The molecule has 8 heteroatoms. The molecule has 158 valence electrons. The first kappa shape index (κ1) is 22.2. The van der Waals surface area contributed by atoms with Gasteiger partial charge in [-0.25, -0.2) is 8.42 Å². The van der Waals surface area contributed by atoms with Crippen molar-refractivity contribution in [3.8, 4) is 0 Å². The maximum Gasteiger partial charge on any atom is 0.250 e. The first-order chi connectivity index (χ1) is 14.4. The minimum Gasteiger partial charge on any atom is -0.372 e. The molecule has 1 heterocycles. The van der Waals surface area contributed by atoms with Gasteiger partial charge in [0.1, 0.15) is 4.21 Å². The molecule has 1 atom stereocenters. The molecule has 0 aliphatic carbocycles. The first-order valence-electron chi connectivity index (χ1n) is 9.47. The van der Waals surface area contributed by atoms with Crippen LogP contribution in [0.3, 0.4) is 0 Å². The molecule has 6 nitrogen and oxygen atoms in total. The van der Waals surface area contributed by atoms with Crippen molar-refractivity contribution in [2.45, 2.75) is 36.9 Å². The maximum atomic E-state index is 12.3. The van der Waals surface area contributed by atoms with Crippen molar-refractivity contribution in [3.63, 3.8) is 0 Å². The zero-order valence-corrected chi connectivity index (χ0v) is 18.2. The third-order valence-corrected chi connectivity index (χ3v) is 7.26. The van der Waals surface area contributed by atoms with Gasteiger partial charge in [0.2, 0.25) is 5.91 Å². The van der Waals surface area contributed by atoms with Gasteiger partial charge in [-0.15, -0.1) is 11.3 Å². The summed E-state index contributed by atoms with van der Waals surface area (Å²) in [5.74, 6) is -0.388. The monoisotopic (exact) mass is 444 g/mol. The van der Waals surface area contributed by atoms with Crippen LogP contribution in [0.1, 0.15) is 23.6 Å². The van der Waals surface area contributed by atoms with Crippen LogP contribution >= 0.6 is 11.3 Å². The molecule has 0 bridgehead atoms. The molecule has 0 aliphatic heterocycles. The Morgan fingerprint density at radius 3 is 2.40 bits per heavy atom. The van der Waals surface area contributed by atoms with Gasteiger partial charge in [-0.05, 0) is 35.1 Å². The third-order valence-electron chi connectivity index (χ3n) is 4.32. The number of sulfonamides is 1. The molecular formula is C22H24N2O4S2. The molecule has 2 N–H and O–H groups in total. The minimum atomic E-state index is -3.69. The van der Waals surface area contributed by atoms with Crippen molar-refractivity contribution in [3.05, 3.63) is 88.8 Å². The van der Waals surface area contributed by atoms with Gasteiger partial charge in [0.15, 0.2) is 0 Å². The second kappa shape index (κ2) is 10.5. The lowest BCUT2D eigenvalue weighted by Crippen LogP contribution is -2.44. The second-order valence-electron chi connectivity index (χ2n) is 6.79. The van der Waals surface area contributed by atoms with E-state index in [2.05, 4.69) is 10.0 Å². The zero-order valence-electron chi connectivity index (χ0n) is 16.6. The van der Waals surface area contributed by atoms with E-state index in [1.807, 2.05) is 54.6 Å². The van der Waals surface area contributed by atoms with Gasteiger partial charge >= 0.3 is 0 Å². The molecule has 1 unspecified atom stereocenters. The van der Waals surface area contributed by atoms with E-state index in [4.69, 9.17) is 4.74 Å². The number of carbonyl (C=O) groups is 1. The lowest BCUT2D eigenvalue weighted by atomic mass is 10.1. The molecule has 0 saturated heterocycles. The third kappa shape index (κ3) is 6.50. The summed E-state index contributed by atoms with van der Waals surface area (Å²) in [7, 11) is -3.69. The van der Waals surface area contributed by atoms with Gasteiger partial charge < -0.3 is 10.1 Å². The van der Waals surface area contributed by atoms with Crippen LogP contribution < -0.4 is 10.0 Å². The Morgan fingerprint density at radius 2 is 1.67 bits per heavy atom. The quantitative estimate of drug-likeness (QED) is 0.502. The number of ether oxygens (including phenoxy) is 1. The van der Waals surface area contributed by atoms with Crippen molar-refractivity contribution in [1.82, 2.24) is 10.0 Å². The van der Waals surface area contributed by atoms with E-state index in [0.29, 0.717) is 19.8 Å². The van der Waals surface area contributed by atoms with Gasteiger partial charge in [-0.3, -0.25) is 4.79 Å². The summed E-state index contributed by atoms with van der Waals surface area (Å²) >= 11 is 1.11. The van der Waals surface area contributed by atoms with Crippen LogP contribution in [0.4, 0.5) is 0 Å². The minimum absolute atomic E-state index is 0.186. The Kier molecular flexibility index (Phi) is 7.75. The number of thiophene rings is 1. The van der Waals surface area contributed by atoms with E-state index in [1.165, 1.54) is 13.0 Å². The molecule has 2 aromatic carbocycles. The number of hydrogen-bond donors (Lipinski definition) is 2. The van der Waals surface area contributed by atoms with E-state index in [-0.39, 0.29) is 10.1 Å². The standard InChI is InChI=1S/C22H24N2O4S2/c1-17(24-30(26,27)21-11-6-12-29-21)22(25)23-14-19-9-5-10-20(13-19)16-28-15-18-7-3-2-4-8-18/h2-13,17,24H,14-16H2,1H3,(H,23,25). The van der Waals surface area contributed by atoms with Crippen molar-refractivity contribution in [1.29, 1.82) is 0 Å². The van der Waals surface area contributed by atoms with Crippen LogP contribution in [0.15, 0.2) is 76.3 Å². The molecule has 0 fully saturated rings. The van der Waals surface area contributed by atoms with Gasteiger partial charge in [0, 0.05) is 6.54 Å². The van der Waals surface area contributed by atoms with E-state index < -0.39 is 16.1 Å². The highest BCUT2D eigenvalue weighted by molar-refractivity contribution is 7.91. The Balaban J connectivity index is 1.48. The SMILES string of the molecule is CC(NS(=O)(=O)c1cccs1)C(=O)NCc1cccc(COCc2ccccc2)c1. The predicted octanol–water partition coefficient (Wildman–Crippen LogP) is 3.45. The molecule has 0 radical (unpaired) electrons. The topological polar surface area (TPSA) is 84.5 Å². The van der Waals surface area contributed by atoms with Gasteiger partial charge in [0.25, 0.3) is 10.0 Å². The highest BCUT2D eigenvalue weighted by Gasteiger charge is 2.22. The zero-order chi connectivity index (χ0) is 21.4. The molecule has 0 spiro atoms. The molecule has 1 amide bonds. The number of hydrogen-bond acceptors (Lipinski definition) is 5. The normalized spacial score (nSPS) is 12.4. The number of carbonyl (C=O) groups excluding carboxylic acids is 1. The lowest BCUT2D eigenvalue weighted by Gasteiger charge is -2.14. The molecule has 3 rings (SSSR count). The first-order valence-corrected chi connectivity index (χ1v) is 11.8. The fraction of sp³-hybridized carbons (Fsp3) is 0.227. The maximum absolute atomic E-state index is 12.3. The summed E-state index contributed by atoms with van der Waals surface area (Å²) in [6.45, 7) is 2.82. The summed E-state index contributed by atoms with van der Waals surface area (Å²) in [5, 5.41) is 4.45. The average molecular weight is 445 g/mol. The Hall–Kier alpha value is -2.52. The second-order valence-corrected chi connectivity index (χ2v) is 9.68. The van der Waals surface area contributed by atoms with Gasteiger partial charge in [-0.2, -0.15) is 4.72 Å². The fourth-order valence-electron chi connectivity index (χ4n) is 2.79. The lowest BCUT2D eigenvalue weighted by molar-refractivity contribution is -0.122. The highest BCUT2D eigenvalue weighted by atomic mass is 32.2. The van der Waals surface area contributed by atoms with Gasteiger partial charge in [0.05, 0.1) is 19.3 Å².